The van der Waals surface area contributed by atoms with E-state index in [9.17, 15) is 13.2 Å². The molecule has 0 fully saturated rings. The van der Waals surface area contributed by atoms with E-state index in [0.717, 1.165) is 5.56 Å². The Labute approximate surface area is 161 Å². The number of ether oxygens (including phenoxy) is 1. The highest BCUT2D eigenvalue weighted by molar-refractivity contribution is 7.89. The largest absolute Gasteiger partial charge is 0.461 e. The van der Waals surface area contributed by atoms with Crippen LogP contribution < -0.4 is 4.72 Å². The summed E-state index contributed by atoms with van der Waals surface area (Å²) in [5.41, 5.74) is 0.894. The topological polar surface area (TPSA) is 129 Å². The highest BCUT2D eigenvalue weighted by Gasteiger charge is 2.20. The fourth-order valence-electron chi connectivity index (χ4n) is 2.43. The number of carbonyl (C=O) groups is 1. The Kier molecular flexibility index (Phi) is 5.85. The molecule has 3 rings (SSSR count). The molecule has 0 radical (unpaired) electrons. The fraction of sp³-hybridized carbons (Fsp3) is 0.294. The molecule has 0 saturated heterocycles. The normalized spacial score (nSPS) is 11.5. The van der Waals surface area contributed by atoms with Crippen LogP contribution in [0.2, 0.25) is 0 Å². The number of sulfonamides is 1. The number of nitrogens with zero attached hydrogens (tertiary/aromatic N) is 4. The zero-order valence-corrected chi connectivity index (χ0v) is 16.1. The van der Waals surface area contributed by atoms with Crippen LogP contribution in [-0.4, -0.2) is 47.7 Å². The summed E-state index contributed by atoms with van der Waals surface area (Å²) in [5.74, 6) is 0.264. The standard InChI is InChI=1S/C17H19N5O5S/c1-18-28(24,25)13-9-14(22(2)11-13)17(23)26-8-4-6-15-20-16(21-27-15)12-5-3-7-19-10-12/h3,5,7,9-11,18H,4,6,8H2,1-2H3. The molecule has 0 atom stereocenters. The minimum absolute atomic E-state index is 0.00163. The molecule has 3 aromatic rings. The molecular weight excluding hydrogens is 386 g/mol. The lowest BCUT2D eigenvalue weighted by Crippen LogP contribution is -2.17. The first kappa shape index (κ1) is 19.7. The Morgan fingerprint density at radius 2 is 2.21 bits per heavy atom. The molecule has 0 aliphatic rings. The van der Waals surface area contributed by atoms with Crippen molar-refractivity contribution in [3.8, 4) is 11.4 Å². The van der Waals surface area contributed by atoms with Gasteiger partial charge in [0.15, 0.2) is 0 Å². The summed E-state index contributed by atoms with van der Waals surface area (Å²) in [6, 6.07) is 4.87. The summed E-state index contributed by atoms with van der Waals surface area (Å²) < 4.78 is 37.6. The first-order valence-electron chi connectivity index (χ1n) is 8.41. The zero-order valence-electron chi connectivity index (χ0n) is 15.3. The molecule has 0 aromatic carbocycles. The SMILES string of the molecule is CNS(=O)(=O)c1cc(C(=O)OCCCc2nc(-c3cccnc3)no2)n(C)c1. The third-order valence-electron chi connectivity index (χ3n) is 3.92. The molecule has 148 valence electrons. The van der Waals surface area contributed by atoms with E-state index >= 15 is 0 Å². The number of pyridine rings is 1. The lowest BCUT2D eigenvalue weighted by molar-refractivity contribution is 0.0487. The number of hydrogen-bond acceptors (Lipinski definition) is 8. The highest BCUT2D eigenvalue weighted by Crippen LogP contribution is 2.16. The number of esters is 1. The van der Waals surface area contributed by atoms with Gasteiger partial charge in [-0.25, -0.2) is 17.9 Å². The van der Waals surface area contributed by atoms with Crippen LogP contribution in [0.1, 0.15) is 22.8 Å². The quantitative estimate of drug-likeness (QED) is 0.437. The van der Waals surface area contributed by atoms with E-state index in [2.05, 4.69) is 19.8 Å². The van der Waals surface area contributed by atoms with Gasteiger partial charge in [0.2, 0.25) is 21.7 Å². The van der Waals surface area contributed by atoms with Gasteiger partial charge in [-0.2, -0.15) is 4.98 Å². The number of hydrogen-bond donors (Lipinski definition) is 1. The van der Waals surface area contributed by atoms with Crippen molar-refractivity contribution < 1.29 is 22.5 Å². The minimum atomic E-state index is -3.63. The van der Waals surface area contributed by atoms with E-state index in [1.165, 1.54) is 23.9 Å². The maximum Gasteiger partial charge on any atom is 0.354 e. The second kappa shape index (κ2) is 8.31. The van der Waals surface area contributed by atoms with E-state index < -0.39 is 16.0 Å². The van der Waals surface area contributed by atoms with E-state index in [0.29, 0.717) is 24.6 Å². The molecular formula is C17H19N5O5S. The fourth-order valence-corrected chi connectivity index (χ4v) is 3.23. The highest BCUT2D eigenvalue weighted by atomic mass is 32.2. The van der Waals surface area contributed by atoms with E-state index in [1.54, 1.807) is 25.5 Å². The molecule has 0 aliphatic carbocycles. The molecule has 10 nitrogen and oxygen atoms in total. The van der Waals surface area contributed by atoms with Crippen molar-refractivity contribution in [1.82, 2.24) is 24.4 Å². The second-order valence-corrected chi connectivity index (χ2v) is 7.76. The molecule has 3 aromatic heterocycles. The Morgan fingerprint density at radius 3 is 2.93 bits per heavy atom. The second-order valence-electron chi connectivity index (χ2n) is 5.87. The van der Waals surface area contributed by atoms with Crippen LogP contribution in [0.3, 0.4) is 0 Å². The molecule has 1 N–H and O–H groups in total. The maximum absolute atomic E-state index is 12.2. The zero-order chi connectivity index (χ0) is 20.1. The van der Waals surface area contributed by atoms with Gasteiger partial charge in [-0.1, -0.05) is 5.16 Å². The average molecular weight is 405 g/mol. The number of rotatable bonds is 8. The molecule has 0 bridgehead atoms. The Hall–Kier alpha value is -3.05. The van der Waals surface area contributed by atoms with E-state index in [1.807, 2.05) is 6.07 Å². The smallest absolute Gasteiger partial charge is 0.354 e. The van der Waals surface area contributed by atoms with Crippen molar-refractivity contribution in [3.63, 3.8) is 0 Å². The van der Waals surface area contributed by atoms with Crippen LogP contribution in [-0.2, 0) is 28.2 Å². The van der Waals surface area contributed by atoms with Crippen molar-refractivity contribution in [2.75, 3.05) is 13.7 Å². The van der Waals surface area contributed by atoms with Gasteiger partial charge >= 0.3 is 5.97 Å². The van der Waals surface area contributed by atoms with Gasteiger partial charge in [-0.15, -0.1) is 0 Å². The van der Waals surface area contributed by atoms with Gasteiger partial charge in [0.05, 0.1) is 6.61 Å². The summed E-state index contributed by atoms with van der Waals surface area (Å²) in [4.78, 5) is 20.5. The van der Waals surface area contributed by atoms with E-state index in [4.69, 9.17) is 9.26 Å². The summed E-state index contributed by atoms with van der Waals surface area (Å²) in [7, 11) is -0.750. The molecule has 11 heteroatoms. The maximum atomic E-state index is 12.2. The molecule has 0 saturated carbocycles. The van der Waals surface area contributed by atoms with Crippen LogP contribution in [0.5, 0.6) is 0 Å². The van der Waals surface area contributed by atoms with Gasteiger partial charge in [0, 0.05) is 37.6 Å². The van der Waals surface area contributed by atoms with Crippen molar-refractivity contribution in [2.24, 2.45) is 7.05 Å². The summed E-state index contributed by atoms with van der Waals surface area (Å²) in [6.45, 7) is 0.128. The van der Waals surface area contributed by atoms with Crippen LogP contribution in [0.25, 0.3) is 11.4 Å². The van der Waals surface area contributed by atoms with Gasteiger partial charge in [-0.05, 0) is 31.7 Å². The summed E-state index contributed by atoms with van der Waals surface area (Å²) in [6.07, 6.45) is 5.56. The number of aryl methyl sites for hydroxylation is 2. The average Bonchev–Trinajstić information content (AvgIpc) is 3.33. The van der Waals surface area contributed by atoms with Crippen LogP contribution in [0.15, 0.2) is 46.2 Å². The van der Waals surface area contributed by atoms with Crippen molar-refractivity contribution in [3.05, 3.63) is 48.4 Å². The predicted octanol–water partition coefficient (Wildman–Crippen LogP) is 1.17. The van der Waals surface area contributed by atoms with Crippen molar-refractivity contribution >= 4 is 16.0 Å². The lowest BCUT2D eigenvalue weighted by Gasteiger charge is -2.04. The molecule has 0 unspecified atom stereocenters. The van der Waals surface area contributed by atoms with Gasteiger partial charge in [-0.3, -0.25) is 4.98 Å². The van der Waals surface area contributed by atoms with Crippen LogP contribution in [0, 0.1) is 0 Å². The molecule has 28 heavy (non-hydrogen) atoms. The number of aromatic nitrogens is 4. The lowest BCUT2D eigenvalue weighted by atomic mass is 10.3. The van der Waals surface area contributed by atoms with Crippen molar-refractivity contribution in [2.45, 2.75) is 17.7 Å². The third-order valence-corrected chi connectivity index (χ3v) is 5.31. The predicted molar refractivity (Wildman–Crippen MR) is 97.8 cm³/mol. The number of nitrogens with one attached hydrogen (secondary N) is 1. The monoisotopic (exact) mass is 405 g/mol. The first-order valence-corrected chi connectivity index (χ1v) is 9.89. The molecule has 0 amide bonds. The van der Waals surface area contributed by atoms with Gasteiger partial charge in [0.1, 0.15) is 10.6 Å². The Balaban J connectivity index is 1.52. The summed E-state index contributed by atoms with van der Waals surface area (Å²) in [5, 5.41) is 3.89. The van der Waals surface area contributed by atoms with Gasteiger partial charge in [0.25, 0.3) is 0 Å². The molecule has 0 aliphatic heterocycles. The summed E-state index contributed by atoms with van der Waals surface area (Å²) >= 11 is 0. The molecule has 0 spiro atoms. The first-order chi connectivity index (χ1) is 13.4. The van der Waals surface area contributed by atoms with Crippen molar-refractivity contribution in [1.29, 1.82) is 0 Å². The minimum Gasteiger partial charge on any atom is -0.461 e. The van der Waals surface area contributed by atoms with Gasteiger partial charge < -0.3 is 13.8 Å². The Bertz CT molecular complexity index is 1060. The number of carbonyl (C=O) groups excluding carboxylic acids is 1. The molecule has 3 heterocycles. The Morgan fingerprint density at radius 1 is 1.39 bits per heavy atom. The third kappa shape index (κ3) is 4.43. The van der Waals surface area contributed by atoms with Crippen LogP contribution in [0.4, 0.5) is 0 Å². The van der Waals surface area contributed by atoms with Crippen LogP contribution >= 0.6 is 0 Å². The van der Waals surface area contributed by atoms with E-state index in [-0.39, 0.29) is 17.2 Å².